The molecule has 0 amide bonds. The van der Waals surface area contributed by atoms with Crippen molar-refractivity contribution >= 4 is 23.5 Å². The van der Waals surface area contributed by atoms with Crippen LogP contribution in [0.15, 0.2) is 40.4 Å². The highest BCUT2D eigenvalue weighted by atomic mass is 16.7. The van der Waals surface area contributed by atoms with Crippen LogP contribution in [0.1, 0.15) is 104 Å². The summed E-state index contributed by atoms with van der Waals surface area (Å²) in [5.41, 5.74) is 11.6. The number of allylic oxidation sites excluding steroid dienone is 3. The molecule has 7 aliphatic rings. The fourth-order valence-electron chi connectivity index (χ4n) is 11.3. The van der Waals surface area contributed by atoms with Crippen LogP contribution in [0.2, 0.25) is 0 Å². The van der Waals surface area contributed by atoms with Crippen molar-refractivity contribution in [3.8, 4) is 0 Å². The molecule has 2 heterocycles. The topological polar surface area (TPSA) is 173 Å². The number of aliphatic imine (C=N–C) groups is 1. The van der Waals surface area contributed by atoms with Gasteiger partial charge in [0.25, 0.3) is 5.60 Å². The summed E-state index contributed by atoms with van der Waals surface area (Å²) in [5.74, 6) is -0.744. The number of rotatable bonds is 11. The van der Waals surface area contributed by atoms with Gasteiger partial charge < -0.3 is 36.9 Å². The molecule has 0 bridgehead atoms. The van der Waals surface area contributed by atoms with Crippen molar-refractivity contribution in [1.29, 1.82) is 0 Å². The predicted octanol–water partition coefficient (Wildman–Crippen LogP) is 3.97. The Morgan fingerprint density at radius 1 is 1.12 bits per heavy atom. The average molecular weight is 719 g/mol. The minimum absolute atomic E-state index is 0.00347. The molecule has 5 fully saturated rings. The van der Waals surface area contributed by atoms with E-state index in [1.165, 1.54) is 5.57 Å². The summed E-state index contributed by atoms with van der Waals surface area (Å²) >= 11 is 0. The Labute approximate surface area is 309 Å². The van der Waals surface area contributed by atoms with Gasteiger partial charge in [0, 0.05) is 48.7 Å². The van der Waals surface area contributed by atoms with Crippen LogP contribution < -0.4 is 27.4 Å². The summed E-state index contributed by atoms with van der Waals surface area (Å²) < 4.78 is 12.6. The molecule has 11 heteroatoms. The van der Waals surface area contributed by atoms with Crippen LogP contribution in [0.25, 0.3) is 0 Å². The molecule has 52 heavy (non-hydrogen) atoms. The molecular formula is C41H62N6O5. The van der Waals surface area contributed by atoms with Crippen LogP contribution in [0.4, 0.5) is 0 Å². The molecule has 0 aromatic rings. The Balaban J connectivity index is 1.17. The van der Waals surface area contributed by atoms with Gasteiger partial charge in [0.15, 0.2) is 23.1 Å². The van der Waals surface area contributed by atoms with Crippen molar-refractivity contribution in [2.24, 2.45) is 51.5 Å². The molecule has 5 aliphatic carbocycles. The Bertz CT molecular complexity index is 1520. The van der Waals surface area contributed by atoms with Crippen molar-refractivity contribution in [2.45, 2.75) is 133 Å². The first-order valence-electron chi connectivity index (χ1n) is 20.3. The predicted molar refractivity (Wildman–Crippen MR) is 201 cm³/mol. The molecule has 0 spiro atoms. The van der Waals surface area contributed by atoms with Gasteiger partial charge in [0.2, 0.25) is 0 Å². The van der Waals surface area contributed by atoms with Crippen molar-refractivity contribution in [1.82, 2.24) is 16.0 Å². The number of Topliss-reactive ketones (excluding diaryl/α,β-unsaturated/α-hetero) is 2. The van der Waals surface area contributed by atoms with E-state index < -0.39 is 29.0 Å². The minimum atomic E-state index is -1.88. The Morgan fingerprint density at radius 3 is 2.58 bits per heavy atom. The van der Waals surface area contributed by atoms with Crippen LogP contribution in [-0.4, -0.2) is 79.7 Å². The number of carbonyl (C=O) groups excluding carboxylic acids is 3. The third-order valence-corrected chi connectivity index (χ3v) is 14.2. The number of carbonyl (C=O) groups is 3. The maximum atomic E-state index is 14.6. The van der Waals surface area contributed by atoms with Crippen molar-refractivity contribution in [3.63, 3.8) is 0 Å². The van der Waals surface area contributed by atoms with Crippen LogP contribution in [0.5, 0.6) is 0 Å². The lowest BCUT2D eigenvalue weighted by Crippen LogP contribution is -2.58. The molecule has 286 valence electrons. The number of ketones is 2. The zero-order chi connectivity index (χ0) is 36.7. The van der Waals surface area contributed by atoms with Crippen LogP contribution in [0, 0.1) is 35.0 Å². The van der Waals surface area contributed by atoms with Crippen molar-refractivity contribution in [3.05, 3.63) is 35.5 Å². The molecule has 10 atom stereocenters. The molecule has 11 nitrogen and oxygen atoms in total. The minimum Gasteiger partial charge on any atom is -0.463 e. The second kappa shape index (κ2) is 15.1. The number of hydrogen-bond acceptors (Lipinski definition) is 9. The van der Waals surface area contributed by atoms with E-state index >= 15 is 0 Å². The lowest BCUT2D eigenvalue weighted by molar-refractivity contribution is -0.160. The third-order valence-electron chi connectivity index (χ3n) is 14.2. The average Bonchev–Trinajstić information content (AvgIpc) is 3.63. The van der Waals surface area contributed by atoms with E-state index in [2.05, 4.69) is 59.1 Å². The monoisotopic (exact) mass is 718 g/mol. The van der Waals surface area contributed by atoms with Gasteiger partial charge in [-0.15, -0.1) is 0 Å². The van der Waals surface area contributed by atoms with Crippen LogP contribution >= 0.6 is 0 Å². The highest BCUT2D eigenvalue weighted by molar-refractivity contribution is 6.23. The maximum absolute atomic E-state index is 14.6. The molecule has 7 N–H and O–H groups in total. The summed E-state index contributed by atoms with van der Waals surface area (Å²) in [5, 5.41) is 10.6. The summed E-state index contributed by atoms with van der Waals surface area (Å²) in [6.07, 6.45) is 20.9. The molecule has 2 saturated heterocycles. The van der Waals surface area contributed by atoms with E-state index in [0.717, 1.165) is 89.3 Å². The lowest BCUT2D eigenvalue weighted by atomic mass is 9.60. The molecule has 3 saturated carbocycles. The number of piperidine rings is 1. The van der Waals surface area contributed by atoms with Gasteiger partial charge in [-0.2, -0.15) is 0 Å². The second-order valence-corrected chi connectivity index (χ2v) is 16.9. The van der Waals surface area contributed by atoms with Gasteiger partial charge in [-0.25, -0.2) is 4.79 Å². The normalized spacial score (nSPS) is 39.2. The van der Waals surface area contributed by atoms with Crippen molar-refractivity contribution < 1.29 is 23.9 Å². The van der Waals surface area contributed by atoms with Crippen LogP contribution in [-0.2, 0) is 23.9 Å². The van der Waals surface area contributed by atoms with E-state index in [4.69, 9.17) is 20.9 Å². The largest absolute Gasteiger partial charge is 0.463 e. The zero-order valence-electron chi connectivity index (χ0n) is 31.6. The molecule has 7 rings (SSSR count). The highest BCUT2D eigenvalue weighted by Crippen LogP contribution is 2.62. The van der Waals surface area contributed by atoms with E-state index in [0.29, 0.717) is 24.7 Å². The van der Waals surface area contributed by atoms with Gasteiger partial charge >= 0.3 is 5.97 Å². The summed E-state index contributed by atoms with van der Waals surface area (Å²) in [4.78, 5) is 47.8. The summed E-state index contributed by atoms with van der Waals surface area (Å²) in [6, 6.07) is 0.0628. The second-order valence-electron chi connectivity index (χ2n) is 16.9. The number of ether oxygens (including phenoxy) is 2. The van der Waals surface area contributed by atoms with E-state index in [1.807, 2.05) is 0 Å². The van der Waals surface area contributed by atoms with E-state index in [9.17, 15) is 14.4 Å². The fourth-order valence-corrected chi connectivity index (χ4v) is 11.3. The first-order valence-corrected chi connectivity index (χ1v) is 20.3. The molecule has 0 aromatic heterocycles. The Kier molecular flexibility index (Phi) is 10.9. The molecule has 0 aromatic carbocycles. The smallest absolute Gasteiger partial charge is 0.350 e. The standard InChI is InChI=1S/C41H62N6O5/c1-4-45-32-22-27-12-6-5-11-26(27)21-29(32)24-51-37(50)41-36(49)31-14-8-7-13-30(31)35(48)40(41,52-41)19-15-25(2)39(17-9-10-18-39)34(47-38(43)44-3)28-16-20-46-33(42)23-28/h6,12,15,22,26,28-34,45-46H,4-5,7-11,13-14,16-21,23-24,42H2,1-3H3,(H3,43,44,47)/t26-,28?,29-,30?,31?,32+,33?,34-,40-,41-/m0/s1. The maximum Gasteiger partial charge on any atom is 0.350 e. The van der Waals surface area contributed by atoms with Gasteiger partial charge in [-0.1, -0.05) is 62.5 Å². The number of guanidine groups is 1. The number of nitrogens with one attached hydrogen (secondary N) is 3. The Hall–Kier alpha value is -2.86. The summed E-state index contributed by atoms with van der Waals surface area (Å²) in [7, 11) is 1.69. The number of epoxide rings is 1. The molecule has 4 unspecified atom stereocenters. The number of fused-ring (bicyclic) bond motifs is 3. The number of likely N-dealkylation sites (N-methyl/N-ethyl adjacent to an activating group) is 1. The Morgan fingerprint density at radius 2 is 1.87 bits per heavy atom. The van der Waals surface area contributed by atoms with Crippen LogP contribution in [0.3, 0.4) is 0 Å². The number of hydrogen-bond donors (Lipinski definition) is 5. The quantitative estimate of drug-likeness (QED) is 0.0526. The van der Waals surface area contributed by atoms with Gasteiger partial charge in [-0.3, -0.25) is 14.6 Å². The summed E-state index contributed by atoms with van der Waals surface area (Å²) in [6.45, 7) is 6.04. The molecular weight excluding hydrogens is 656 g/mol. The third kappa shape index (κ3) is 6.41. The first-order chi connectivity index (χ1) is 25.1. The van der Waals surface area contributed by atoms with Crippen molar-refractivity contribution in [2.75, 3.05) is 26.7 Å². The SMILES string of the molecule is CCN[C@@H]1C=C2C=CCC[C@H]2C[C@H]1COC(=O)[C@]12O[C@@]1(CC=C(C)C1([C@@H](NC(N)=NC)C3CCNC(N)C3)CCCC1)C(=O)C1CCCCC1C2=O. The number of esters is 1. The van der Waals surface area contributed by atoms with Gasteiger partial charge in [-0.05, 0) is 95.2 Å². The highest BCUT2D eigenvalue weighted by Gasteiger charge is 2.87. The van der Waals surface area contributed by atoms with E-state index in [1.54, 1.807) is 7.05 Å². The zero-order valence-corrected chi connectivity index (χ0v) is 31.6. The lowest BCUT2D eigenvalue weighted by Gasteiger charge is -2.46. The number of nitrogens with zero attached hydrogens (tertiary/aromatic N) is 1. The molecule has 2 aliphatic heterocycles. The fraction of sp³-hybridized carbons (Fsp3) is 0.756. The first kappa shape index (κ1) is 37.5. The van der Waals surface area contributed by atoms with Gasteiger partial charge in [0.1, 0.15) is 0 Å². The number of nitrogens with two attached hydrogens (primary N) is 2. The van der Waals surface area contributed by atoms with E-state index in [-0.39, 0.29) is 60.1 Å². The van der Waals surface area contributed by atoms with Gasteiger partial charge in [0.05, 0.1) is 12.8 Å². The molecule has 0 radical (unpaired) electrons.